The Labute approximate surface area is 210 Å². The van der Waals surface area contributed by atoms with Crippen LogP contribution in [0.1, 0.15) is 51.7 Å². The lowest BCUT2D eigenvalue weighted by Gasteiger charge is -2.30. The first kappa shape index (κ1) is 25.3. The van der Waals surface area contributed by atoms with Crippen molar-refractivity contribution in [1.29, 1.82) is 0 Å². The smallest absolute Gasteiger partial charge is 0.290 e. The van der Waals surface area contributed by atoms with Crippen LogP contribution in [0.2, 0.25) is 0 Å². The second-order valence-electron chi connectivity index (χ2n) is 8.86. The quantitative estimate of drug-likeness (QED) is 0.497. The number of amides is 1. The summed E-state index contributed by atoms with van der Waals surface area (Å²) in [6.45, 7) is 10.7. The van der Waals surface area contributed by atoms with E-state index in [0.29, 0.717) is 36.9 Å². The Bertz CT molecular complexity index is 1090. The van der Waals surface area contributed by atoms with Crippen molar-refractivity contribution in [2.75, 3.05) is 46.0 Å². The van der Waals surface area contributed by atoms with Crippen molar-refractivity contribution in [2.24, 2.45) is 0 Å². The summed E-state index contributed by atoms with van der Waals surface area (Å²) in [5, 5.41) is 11.7. The minimum atomic E-state index is -0.665. The van der Waals surface area contributed by atoms with Gasteiger partial charge < -0.3 is 19.5 Å². The average molecular weight is 500 g/mol. The molecule has 8 nitrogen and oxygen atoms in total. The van der Waals surface area contributed by atoms with E-state index in [2.05, 4.69) is 9.88 Å². The molecule has 2 aromatic rings. The van der Waals surface area contributed by atoms with Gasteiger partial charge in [0.2, 0.25) is 5.78 Å². The summed E-state index contributed by atoms with van der Waals surface area (Å²) in [6, 6.07) is 6.77. The number of aliphatic hydroxyl groups excluding tert-OH is 1. The van der Waals surface area contributed by atoms with E-state index in [0.717, 1.165) is 48.8 Å². The van der Waals surface area contributed by atoms with E-state index >= 15 is 0 Å². The van der Waals surface area contributed by atoms with E-state index in [1.54, 1.807) is 11.8 Å². The highest BCUT2D eigenvalue weighted by molar-refractivity contribution is 7.14. The zero-order chi connectivity index (χ0) is 24.9. The van der Waals surface area contributed by atoms with Crippen molar-refractivity contribution >= 4 is 23.0 Å². The molecule has 0 bridgehead atoms. The molecule has 4 rings (SSSR count). The number of aryl methyl sites for hydroxylation is 2. The zero-order valence-corrected chi connectivity index (χ0v) is 21.4. The summed E-state index contributed by atoms with van der Waals surface area (Å²) in [6.07, 6.45) is 1.63. The predicted octanol–water partition coefficient (Wildman–Crippen LogP) is 3.85. The van der Waals surface area contributed by atoms with Crippen molar-refractivity contribution < 1.29 is 24.2 Å². The normalized spacial score (nSPS) is 19.0. The molecule has 35 heavy (non-hydrogen) atoms. The lowest BCUT2D eigenvalue weighted by atomic mass is 9.95. The number of aliphatic hydroxyl groups is 1. The molecule has 0 unspecified atom stereocenters. The van der Waals surface area contributed by atoms with Gasteiger partial charge in [-0.25, -0.2) is 4.98 Å². The fraction of sp³-hybridized carbons (Fsp3) is 0.500. The molecule has 1 fully saturated rings. The number of nitrogens with zero attached hydrogens (tertiary/aromatic N) is 3. The third kappa shape index (κ3) is 5.58. The Kier molecular flexibility index (Phi) is 8.20. The maximum absolute atomic E-state index is 13.6. The van der Waals surface area contributed by atoms with Gasteiger partial charge in [0.1, 0.15) is 5.75 Å². The van der Waals surface area contributed by atoms with E-state index in [4.69, 9.17) is 9.47 Å². The molecule has 1 aromatic heterocycles. The largest absolute Gasteiger partial charge is 0.503 e. The Hall–Kier alpha value is -2.75. The second kappa shape index (κ2) is 11.3. The molecule has 0 saturated carbocycles. The monoisotopic (exact) mass is 499 g/mol. The van der Waals surface area contributed by atoms with E-state index in [9.17, 15) is 14.7 Å². The van der Waals surface area contributed by atoms with Gasteiger partial charge in [0.15, 0.2) is 5.76 Å². The van der Waals surface area contributed by atoms with Crippen molar-refractivity contribution in [3.8, 4) is 5.75 Å². The van der Waals surface area contributed by atoms with E-state index in [1.165, 1.54) is 11.3 Å². The highest BCUT2D eigenvalue weighted by Crippen LogP contribution is 2.40. The first-order valence-corrected chi connectivity index (χ1v) is 13.0. The predicted molar refractivity (Wildman–Crippen MR) is 134 cm³/mol. The third-order valence-electron chi connectivity index (χ3n) is 6.30. The molecule has 3 heterocycles. The van der Waals surface area contributed by atoms with Gasteiger partial charge in [-0.3, -0.25) is 14.5 Å². The van der Waals surface area contributed by atoms with Crippen LogP contribution in [0.25, 0.3) is 0 Å². The number of hydrogen-bond donors (Lipinski definition) is 1. The van der Waals surface area contributed by atoms with Gasteiger partial charge in [-0.2, -0.15) is 0 Å². The molecule has 2 aliphatic heterocycles. The molecule has 0 aliphatic carbocycles. The minimum absolute atomic E-state index is 0.121. The number of ether oxygens (including phenoxy) is 2. The van der Waals surface area contributed by atoms with Crippen LogP contribution in [-0.4, -0.2) is 77.6 Å². The second-order valence-corrected chi connectivity index (χ2v) is 10.1. The van der Waals surface area contributed by atoms with Gasteiger partial charge in [-0.1, -0.05) is 19.1 Å². The van der Waals surface area contributed by atoms with Crippen LogP contribution >= 0.6 is 11.3 Å². The number of carbonyl (C=O) groups is 2. The molecule has 0 radical (unpaired) electrons. The molecular formula is C26H33N3O5S. The third-order valence-corrected chi connectivity index (χ3v) is 7.38. The lowest BCUT2D eigenvalue weighted by molar-refractivity contribution is -0.129. The summed E-state index contributed by atoms with van der Waals surface area (Å²) in [5.74, 6) is -0.589. The van der Waals surface area contributed by atoms with Crippen LogP contribution in [0.15, 0.2) is 35.6 Å². The van der Waals surface area contributed by atoms with Gasteiger partial charge in [0.05, 0.1) is 47.0 Å². The summed E-state index contributed by atoms with van der Waals surface area (Å²) in [4.78, 5) is 35.6. The van der Waals surface area contributed by atoms with Gasteiger partial charge in [0, 0.05) is 26.2 Å². The first-order chi connectivity index (χ1) is 16.9. The lowest BCUT2D eigenvalue weighted by Crippen LogP contribution is -2.39. The van der Waals surface area contributed by atoms with Crippen LogP contribution in [0.5, 0.6) is 5.75 Å². The average Bonchev–Trinajstić information content (AvgIpc) is 3.33. The van der Waals surface area contributed by atoms with Crippen LogP contribution in [0, 0.1) is 13.8 Å². The van der Waals surface area contributed by atoms with Gasteiger partial charge in [-0.05, 0) is 44.4 Å². The topological polar surface area (TPSA) is 92.2 Å². The molecule has 9 heteroatoms. The summed E-state index contributed by atoms with van der Waals surface area (Å²) >= 11 is 1.28. The number of carbonyl (C=O) groups excluding carboxylic acids is 2. The molecular weight excluding hydrogens is 466 g/mol. The molecule has 1 N–H and O–H groups in total. The van der Waals surface area contributed by atoms with Crippen molar-refractivity contribution in [1.82, 2.24) is 14.8 Å². The Morgan fingerprint density at radius 2 is 1.91 bits per heavy atom. The fourth-order valence-corrected chi connectivity index (χ4v) is 5.46. The maximum atomic E-state index is 13.6. The maximum Gasteiger partial charge on any atom is 0.290 e. The summed E-state index contributed by atoms with van der Waals surface area (Å²) in [7, 11) is 0. The van der Waals surface area contributed by atoms with E-state index < -0.39 is 17.7 Å². The van der Waals surface area contributed by atoms with Gasteiger partial charge in [0.25, 0.3) is 5.91 Å². The minimum Gasteiger partial charge on any atom is -0.503 e. The molecule has 1 aromatic carbocycles. The molecule has 188 valence electrons. The number of aromatic nitrogens is 1. The number of rotatable bonds is 10. The Morgan fingerprint density at radius 3 is 2.54 bits per heavy atom. The number of hydrogen-bond acceptors (Lipinski definition) is 8. The van der Waals surface area contributed by atoms with Crippen molar-refractivity contribution in [2.45, 2.75) is 39.7 Å². The Balaban J connectivity index is 1.62. The van der Waals surface area contributed by atoms with Crippen molar-refractivity contribution in [3.63, 3.8) is 0 Å². The summed E-state index contributed by atoms with van der Waals surface area (Å²) < 4.78 is 11.1. The van der Waals surface area contributed by atoms with Gasteiger partial charge in [-0.15, -0.1) is 11.3 Å². The molecule has 0 spiro atoms. The highest BCUT2D eigenvalue weighted by atomic mass is 32.1. The fourth-order valence-electron chi connectivity index (χ4n) is 4.58. The van der Waals surface area contributed by atoms with Crippen LogP contribution < -0.4 is 4.74 Å². The zero-order valence-electron chi connectivity index (χ0n) is 20.6. The highest BCUT2D eigenvalue weighted by Gasteiger charge is 2.44. The number of ketones is 1. The van der Waals surface area contributed by atoms with Crippen molar-refractivity contribution in [3.05, 3.63) is 56.7 Å². The number of Topliss-reactive ketones (excluding diaryl/α,β-unsaturated/α-hetero) is 1. The molecule has 1 atom stereocenters. The number of benzene rings is 1. The molecule has 1 amide bonds. The van der Waals surface area contributed by atoms with Crippen LogP contribution in [0.3, 0.4) is 0 Å². The van der Waals surface area contributed by atoms with Crippen LogP contribution in [-0.2, 0) is 9.53 Å². The number of morpholine rings is 1. The standard InChI is InChI=1S/C26H33N3O5S/c1-4-14-34-20-8-6-19(7-9-20)22-21(23(30)25-17(2)27-18(3)35-25)24(31)26(32)29(22)11-5-10-28-12-15-33-16-13-28/h6-9,22,31H,4-5,10-16H2,1-3H3/t22-/m1/s1. The Morgan fingerprint density at radius 1 is 1.20 bits per heavy atom. The van der Waals surface area contributed by atoms with Crippen LogP contribution in [0.4, 0.5) is 0 Å². The SMILES string of the molecule is CCCOc1ccc([C@@H]2C(C(=O)c3sc(C)nc3C)=C(O)C(=O)N2CCCN2CCOCC2)cc1. The summed E-state index contributed by atoms with van der Waals surface area (Å²) in [5.41, 5.74) is 1.49. The molecule has 1 saturated heterocycles. The van der Waals surface area contributed by atoms with E-state index in [1.807, 2.05) is 38.1 Å². The number of thiazole rings is 1. The molecule has 2 aliphatic rings. The van der Waals surface area contributed by atoms with Gasteiger partial charge >= 0.3 is 0 Å². The van der Waals surface area contributed by atoms with E-state index in [-0.39, 0.29) is 11.4 Å². The first-order valence-electron chi connectivity index (χ1n) is 12.2.